The molecule has 0 fully saturated rings. The van der Waals surface area contributed by atoms with E-state index in [0.29, 0.717) is 30.0 Å². The number of hydrogen-bond acceptors (Lipinski definition) is 5. The average Bonchev–Trinajstić information content (AvgIpc) is 2.59. The van der Waals surface area contributed by atoms with Gasteiger partial charge in [-0.2, -0.15) is 0 Å². The maximum absolute atomic E-state index is 12.5. The van der Waals surface area contributed by atoms with Crippen molar-refractivity contribution in [2.24, 2.45) is 5.16 Å². The van der Waals surface area contributed by atoms with Crippen LogP contribution in [0.4, 0.5) is 5.69 Å². The van der Waals surface area contributed by atoms with E-state index in [-0.39, 0.29) is 11.5 Å². The molecule has 0 aliphatic rings. The monoisotopic (exact) mass is 348 g/mol. The number of rotatable bonds is 8. The molecule has 7 heteroatoms. The smallest absolute Gasteiger partial charge is 0.261 e. The molecule has 2 aromatic carbocycles. The van der Waals surface area contributed by atoms with Gasteiger partial charge < -0.3 is 9.94 Å². The van der Waals surface area contributed by atoms with Gasteiger partial charge in [-0.25, -0.2) is 8.42 Å². The standard InChI is InChI=1S/C17H20N2O4S/c1-14(18-23-13-7-12-20)16-10-5-6-11-17(16)19-24(21,22)15-8-3-2-4-9-15/h2-6,8-11,19-20H,7,12-13H2,1H3/b18-14-. The van der Waals surface area contributed by atoms with Crippen molar-refractivity contribution in [2.45, 2.75) is 18.2 Å². The van der Waals surface area contributed by atoms with Gasteiger partial charge in [0, 0.05) is 18.6 Å². The molecule has 0 saturated heterocycles. The number of aliphatic hydroxyl groups is 1. The fourth-order valence-corrected chi connectivity index (χ4v) is 3.11. The number of hydrogen-bond donors (Lipinski definition) is 2. The first kappa shape index (κ1) is 18.0. The summed E-state index contributed by atoms with van der Waals surface area (Å²) in [5.74, 6) is 0. The Balaban J connectivity index is 2.23. The van der Waals surface area contributed by atoms with Crippen molar-refractivity contribution in [2.75, 3.05) is 17.9 Å². The van der Waals surface area contributed by atoms with Crippen molar-refractivity contribution in [3.05, 3.63) is 60.2 Å². The first-order valence-corrected chi connectivity index (χ1v) is 8.97. The molecule has 0 saturated carbocycles. The van der Waals surface area contributed by atoms with Crippen LogP contribution in [0, 0.1) is 0 Å². The summed E-state index contributed by atoms with van der Waals surface area (Å²) in [7, 11) is -3.68. The van der Waals surface area contributed by atoms with Crippen LogP contribution in [-0.4, -0.2) is 32.4 Å². The third-order valence-corrected chi connectivity index (χ3v) is 4.59. The van der Waals surface area contributed by atoms with Gasteiger partial charge in [-0.05, 0) is 25.1 Å². The largest absolute Gasteiger partial charge is 0.396 e. The van der Waals surface area contributed by atoms with Crippen LogP contribution in [0.1, 0.15) is 18.9 Å². The second-order valence-corrected chi connectivity index (χ2v) is 6.73. The Kier molecular flexibility index (Phi) is 6.34. The number of benzene rings is 2. The van der Waals surface area contributed by atoms with Gasteiger partial charge in [-0.15, -0.1) is 0 Å². The molecule has 0 bridgehead atoms. The summed E-state index contributed by atoms with van der Waals surface area (Å²) in [6.45, 7) is 2.06. The van der Waals surface area contributed by atoms with Crippen molar-refractivity contribution in [1.82, 2.24) is 0 Å². The summed E-state index contributed by atoms with van der Waals surface area (Å²) >= 11 is 0. The lowest BCUT2D eigenvalue weighted by molar-refractivity contribution is 0.124. The number of aliphatic hydroxyl groups excluding tert-OH is 1. The number of anilines is 1. The zero-order valence-electron chi connectivity index (χ0n) is 13.3. The van der Waals surface area contributed by atoms with E-state index in [0.717, 1.165) is 0 Å². The zero-order chi connectivity index (χ0) is 17.4. The van der Waals surface area contributed by atoms with Crippen molar-refractivity contribution < 1.29 is 18.4 Å². The van der Waals surface area contributed by atoms with Gasteiger partial charge in [-0.1, -0.05) is 41.6 Å². The molecule has 2 aromatic rings. The second kappa shape index (κ2) is 8.47. The van der Waals surface area contributed by atoms with Gasteiger partial charge >= 0.3 is 0 Å². The number of para-hydroxylation sites is 1. The van der Waals surface area contributed by atoms with E-state index >= 15 is 0 Å². The molecule has 0 aliphatic heterocycles. The SMILES string of the molecule is C/C(=N/OCCCO)c1ccccc1NS(=O)(=O)c1ccccc1. The quantitative estimate of drug-likeness (QED) is 0.436. The number of nitrogens with one attached hydrogen (secondary N) is 1. The van der Waals surface area contributed by atoms with Crippen LogP contribution in [0.15, 0.2) is 64.6 Å². The fourth-order valence-electron chi connectivity index (χ4n) is 2.01. The molecular formula is C17H20N2O4S. The van der Waals surface area contributed by atoms with Crippen molar-refractivity contribution >= 4 is 21.4 Å². The minimum atomic E-state index is -3.68. The first-order valence-electron chi connectivity index (χ1n) is 7.49. The van der Waals surface area contributed by atoms with Crippen LogP contribution in [0.2, 0.25) is 0 Å². The number of oxime groups is 1. The van der Waals surface area contributed by atoms with Crippen LogP contribution in [0.3, 0.4) is 0 Å². The number of sulfonamides is 1. The first-order chi connectivity index (χ1) is 11.5. The van der Waals surface area contributed by atoms with E-state index in [9.17, 15) is 8.42 Å². The van der Waals surface area contributed by atoms with Crippen molar-refractivity contribution in [1.29, 1.82) is 0 Å². The summed E-state index contributed by atoms with van der Waals surface area (Å²) in [6, 6.07) is 15.1. The molecule has 0 heterocycles. The Hall–Kier alpha value is -2.38. The van der Waals surface area contributed by atoms with Gasteiger partial charge in [0.2, 0.25) is 0 Å². The van der Waals surface area contributed by atoms with Crippen LogP contribution in [-0.2, 0) is 14.9 Å². The predicted molar refractivity (Wildman–Crippen MR) is 93.6 cm³/mol. The predicted octanol–water partition coefficient (Wildman–Crippen LogP) is 2.61. The molecule has 0 atom stereocenters. The van der Waals surface area contributed by atoms with Crippen molar-refractivity contribution in [3.63, 3.8) is 0 Å². The van der Waals surface area contributed by atoms with Crippen LogP contribution in [0.5, 0.6) is 0 Å². The van der Waals surface area contributed by atoms with Crippen LogP contribution < -0.4 is 4.72 Å². The topological polar surface area (TPSA) is 88.0 Å². The maximum atomic E-state index is 12.5. The molecule has 2 N–H and O–H groups in total. The Morgan fingerprint density at radius 1 is 1.12 bits per heavy atom. The lowest BCUT2D eigenvalue weighted by atomic mass is 10.1. The molecule has 2 rings (SSSR count). The Morgan fingerprint density at radius 2 is 1.79 bits per heavy atom. The lowest BCUT2D eigenvalue weighted by Crippen LogP contribution is -2.15. The maximum Gasteiger partial charge on any atom is 0.261 e. The third-order valence-electron chi connectivity index (χ3n) is 3.21. The summed E-state index contributed by atoms with van der Waals surface area (Å²) in [6.07, 6.45) is 0.485. The molecule has 128 valence electrons. The average molecular weight is 348 g/mol. The zero-order valence-corrected chi connectivity index (χ0v) is 14.2. The van der Waals surface area contributed by atoms with Gasteiger partial charge in [0.15, 0.2) is 0 Å². The summed E-state index contributed by atoms with van der Waals surface area (Å²) in [5, 5.41) is 12.7. The van der Waals surface area contributed by atoms with Gasteiger partial charge in [0.25, 0.3) is 10.0 Å². The highest BCUT2D eigenvalue weighted by Gasteiger charge is 2.16. The highest BCUT2D eigenvalue weighted by atomic mass is 32.2. The van der Waals surface area contributed by atoms with Gasteiger partial charge in [0.1, 0.15) is 6.61 Å². The molecule has 0 amide bonds. The van der Waals surface area contributed by atoms with E-state index in [1.807, 2.05) is 0 Å². The highest BCUT2D eigenvalue weighted by Crippen LogP contribution is 2.20. The number of nitrogens with zero attached hydrogens (tertiary/aromatic N) is 1. The Morgan fingerprint density at radius 3 is 2.50 bits per heavy atom. The van der Waals surface area contributed by atoms with Crippen LogP contribution in [0.25, 0.3) is 0 Å². The van der Waals surface area contributed by atoms with E-state index in [4.69, 9.17) is 9.94 Å². The van der Waals surface area contributed by atoms with E-state index < -0.39 is 10.0 Å². The highest BCUT2D eigenvalue weighted by molar-refractivity contribution is 7.92. The summed E-state index contributed by atoms with van der Waals surface area (Å²) in [5.41, 5.74) is 1.59. The minimum Gasteiger partial charge on any atom is -0.396 e. The molecule has 0 spiro atoms. The summed E-state index contributed by atoms with van der Waals surface area (Å²) < 4.78 is 27.5. The normalized spacial score (nSPS) is 12.0. The van der Waals surface area contributed by atoms with Gasteiger partial charge in [0.05, 0.1) is 16.3 Å². The van der Waals surface area contributed by atoms with E-state index in [2.05, 4.69) is 9.88 Å². The van der Waals surface area contributed by atoms with Gasteiger partial charge in [-0.3, -0.25) is 4.72 Å². The molecule has 0 radical (unpaired) electrons. The molecular weight excluding hydrogens is 328 g/mol. The molecule has 0 unspecified atom stereocenters. The molecule has 0 aromatic heterocycles. The van der Waals surface area contributed by atoms with Crippen LogP contribution >= 0.6 is 0 Å². The Bertz CT molecular complexity index is 789. The second-order valence-electron chi connectivity index (χ2n) is 5.05. The summed E-state index contributed by atoms with van der Waals surface area (Å²) in [4.78, 5) is 5.30. The molecule has 24 heavy (non-hydrogen) atoms. The molecule has 0 aliphatic carbocycles. The molecule has 6 nitrogen and oxygen atoms in total. The van der Waals surface area contributed by atoms with E-state index in [1.54, 1.807) is 49.4 Å². The van der Waals surface area contributed by atoms with E-state index in [1.165, 1.54) is 12.1 Å². The lowest BCUT2D eigenvalue weighted by Gasteiger charge is -2.12. The minimum absolute atomic E-state index is 0.0298. The fraction of sp³-hybridized carbons (Fsp3) is 0.235. The Labute approximate surface area is 141 Å². The third kappa shape index (κ3) is 4.81. The van der Waals surface area contributed by atoms with Crippen molar-refractivity contribution in [3.8, 4) is 0 Å².